The molecule has 0 saturated carbocycles. The summed E-state index contributed by atoms with van der Waals surface area (Å²) in [6.45, 7) is 0.106. The smallest absolute Gasteiger partial charge is 0.245 e. The summed E-state index contributed by atoms with van der Waals surface area (Å²) in [6.07, 6.45) is 0.526. The van der Waals surface area contributed by atoms with Crippen molar-refractivity contribution in [2.45, 2.75) is 18.5 Å². The summed E-state index contributed by atoms with van der Waals surface area (Å²) in [5.74, 6) is -0.0455. The average molecular weight is 380 g/mol. The van der Waals surface area contributed by atoms with Gasteiger partial charge in [0.25, 0.3) is 0 Å². The minimum atomic E-state index is -0.483. The standard InChI is InChI=1S/C21H18ClN3O2/c1-24-11-18(26)25-17(21(24)27)10-15-14-4-2-3-5-16(14)23-19(15)20(25)12-6-8-13(22)9-7-12/h2-9,17,20,23H,10-11H2,1H3/t17-,20+/m1/s1. The highest BCUT2D eigenvalue weighted by Gasteiger charge is 2.47. The molecule has 136 valence electrons. The Bertz CT molecular complexity index is 1070. The van der Waals surface area contributed by atoms with Crippen LogP contribution in [0, 0.1) is 0 Å². The average Bonchev–Trinajstić information content (AvgIpc) is 3.04. The fourth-order valence-corrected chi connectivity index (χ4v) is 4.52. The van der Waals surface area contributed by atoms with Gasteiger partial charge in [-0.2, -0.15) is 0 Å². The molecule has 1 saturated heterocycles. The van der Waals surface area contributed by atoms with E-state index in [1.807, 2.05) is 42.5 Å². The first-order valence-electron chi connectivity index (χ1n) is 8.95. The number of fused-ring (bicyclic) bond motifs is 4. The number of aromatic nitrogens is 1. The highest BCUT2D eigenvalue weighted by Crippen LogP contribution is 2.42. The summed E-state index contributed by atoms with van der Waals surface area (Å²) in [6, 6.07) is 14.8. The van der Waals surface area contributed by atoms with Gasteiger partial charge in [0.2, 0.25) is 11.8 Å². The predicted molar refractivity (Wildman–Crippen MR) is 104 cm³/mol. The number of hydrogen-bond acceptors (Lipinski definition) is 2. The van der Waals surface area contributed by atoms with Gasteiger partial charge in [0.1, 0.15) is 6.04 Å². The summed E-state index contributed by atoms with van der Waals surface area (Å²) in [5, 5.41) is 1.75. The highest BCUT2D eigenvalue weighted by molar-refractivity contribution is 6.30. The number of carbonyl (C=O) groups excluding carboxylic acids is 2. The second kappa shape index (κ2) is 5.86. The summed E-state index contributed by atoms with van der Waals surface area (Å²) in [5.41, 5.74) is 4.07. The number of amides is 2. The lowest BCUT2D eigenvalue weighted by Crippen LogP contribution is -2.62. The van der Waals surface area contributed by atoms with Crippen LogP contribution in [0.5, 0.6) is 0 Å². The molecule has 6 heteroatoms. The number of hydrogen-bond donors (Lipinski definition) is 1. The molecule has 5 rings (SSSR count). The Morgan fingerprint density at radius 2 is 1.81 bits per heavy atom. The van der Waals surface area contributed by atoms with Crippen LogP contribution in [0.25, 0.3) is 10.9 Å². The zero-order valence-electron chi connectivity index (χ0n) is 14.8. The molecular weight excluding hydrogens is 362 g/mol. The van der Waals surface area contributed by atoms with Crippen molar-refractivity contribution in [3.8, 4) is 0 Å². The molecule has 0 radical (unpaired) electrons. The maximum absolute atomic E-state index is 13.0. The normalized spacial score (nSPS) is 22.1. The molecular formula is C21H18ClN3O2. The number of aromatic amines is 1. The lowest BCUT2D eigenvalue weighted by molar-refractivity contribution is -0.157. The molecule has 27 heavy (non-hydrogen) atoms. The molecule has 0 aliphatic carbocycles. The van der Waals surface area contributed by atoms with E-state index >= 15 is 0 Å². The van der Waals surface area contributed by atoms with E-state index in [4.69, 9.17) is 11.6 Å². The van der Waals surface area contributed by atoms with Gasteiger partial charge in [-0.15, -0.1) is 0 Å². The number of rotatable bonds is 1. The number of nitrogens with one attached hydrogen (secondary N) is 1. The summed E-state index contributed by atoms with van der Waals surface area (Å²) in [7, 11) is 1.69. The molecule has 2 aliphatic rings. The second-order valence-corrected chi connectivity index (χ2v) is 7.67. The van der Waals surface area contributed by atoms with E-state index in [-0.39, 0.29) is 24.4 Å². The van der Waals surface area contributed by atoms with Crippen molar-refractivity contribution < 1.29 is 9.59 Å². The molecule has 2 amide bonds. The van der Waals surface area contributed by atoms with Gasteiger partial charge in [0.15, 0.2) is 0 Å². The molecule has 5 nitrogen and oxygen atoms in total. The van der Waals surface area contributed by atoms with Gasteiger partial charge < -0.3 is 14.8 Å². The van der Waals surface area contributed by atoms with E-state index in [9.17, 15) is 9.59 Å². The topological polar surface area (TPSA) is 56.4 Å². The molecule has 0 spiro atoms. The van der Waals surface area contributed by atoms with Crippen LogP contribution in [0.2, 0.25) is 5.02 Å². The van der Waals surface area contributed by atoms with E-state index in [1.165, 1.54) is 4.90 Å². The summed E-state index contributed by atoms with van der Waals surface area (Å²) < 4.78 is 0. The molecule has 1 aromatic heterocycles. The van der Waals surface area contributed by atoms with E-state index in [1.54, 1.807) is 11.9 Å². The SMILES string of the molecule is CN1CC(=O)N2[C@@H](c3ccc(Cl)cc3)c3[nH]c4ccccc4c3C[C@@H]2C1=O. The van der Waals surface area contributed by atoms with Crippen LogP contribution in [-0.4, -0.2) is 46.2 Å². The molecule has 2 atom stereocenters. The van der Waals surface area contributed by atoms with Crippen molar-refractivity contribution in [3.05, 3.63) is 70.4 Å². The number of halogens is 1. The highest BCUT2D eigenvalue weighted by atomic mass is 35.5. The lowest BCUT2D eigenvalue weighted by Gasteiger charge is -2.46. The molecule has 0 bridgehead atoms. The van der Waals surface area contributed by atoms with Crippen LogP contribution < -0.4 is 0 Å². The fraction of sp³-hybridized carbons (Fsp3) is 0.238. The Balaban J connectivity index is 1.76. The molecule has 1 fully saturated rings. The summed E-state index contributed by atoms with van der Waals surface area (Å²) >= 11 is 6.07. The molecule has 2 aliphatic heterocycles. The van der Waals surface area contributed by atoms with E-state index in [0.717, 1.165) is 27.7 Å². The third-order valence-corrected chi connectivity index (χ3v) is 5.89. The van der Waals surface area contributed by atoms with Crippen LogP contribution in [-0.2, 0) is 16.0 Å². The third kappa shape index (κ3) is 2.38. The molecule has 3 aromatic rings. The van der Waals surface area contributed by atoms with Gasteiger partial charge in [-0.1, -0.05) is 41.9 Å². The molecule has 0 unspecified atom stereocenters. The Kier molecular flexibility index (Phi) is 3.56. The van der Waals surface area contributed by atoms with Crippen molar-refractivity contribution in [1.29, 1.82) is 0 Å². The first-order chi connectivity index (χ1) is 13.0. The second-order valence-electron chi connectivity index (χ2n) is 7.23. The van der Waals surface area contributed by atoms with Gasteiger partial charge >= 0.3 is 0 Å². The van der Waals surface area contributed by atoms with Gasteiger partial charge in [0.05, 0.1) is 12.6 Å². The largest absolute Gasteiger partial charge is 0.356 e. The lowest BCUT2D eigenvalue weighted by atomic mass is 9.86. The van der Waals surface area contributed by atoms with Crippen LogP contribution in [0.4, 0.5) is 0 Å². The minimum Gasteiger partial charge on any atom is -0.356 e. The zero-order chi connectivity index (χ0) is 18.7. The maximum atomic E-state index is 13.0. The fourth-order valence-electron chi connectivity index (χ4n) is 4.40. The van der Waals surface area contributed by atoms with E-state index < -0.39 is 6.04 Å². The Labute approximate surface area is 161 Å². The number of nitrogens with zero attached hydrogens (tertiary/aromatic N) is 2. The Hall–Kier alpha value is -2.79. The number of carbonyl (C=O) groups is 2. The molecule has 2 aromatic carbocycles. The van der Waals surface area contributed by atoms with Crippen LogP contribution in [0.1, 0.15) is 22.9 Å². The molecule has 3 heterocycles. The summed E-state index contributed by atoms with van der Waals surface area (Å²) in [4.78, 5) is 32.6. The number of H-pyrrole nitrogens is 1. The van der Waals surface area contributed by atoms with Gasteiger partial charge in [0, 0.05) is 35.1 Å². The van der Waals surface area contributed by atoms with Gasteiger partial charge in [-0.3, -0.25) is 9.59 Å². The van der Waals surface area contributed by atoms with Gasteiger partial charge in [-0.25, -0.2) is 0 Å². The number of benzene rings is 2. The monoisotopic (exact) mass is 379 g/mol. The Morgan fingerprint density at radius 1 is 1.07 bits per heavy atom. The Morgan fingerprint density at radius 3 is 2.59 bits per heavy atom. The maximum Gasteiger partial charge on any atom is 0.245 e. The van der Waals surface area contributed by atoms with Crippen molar-refractivity contribution in [3.63, 3.8) is 0 Å². The van der Waals surface area contributed by atoms with E-state index in [2.05, 4.69) is 11.1 Å². The van der Waals surface area contributed by atoms with Crippen molar-refractivity contribution in [2.24, 2.45) is 0 Å². The van der Waals surface area contributed by atoms with Crippen LogP contribution in [0.15, 0.2) is 48.5 Å². The third-order valence-electron chi connectivity index (χ3n) is 5.64. The number of piperazine rings is 1. The zero-order valence-corrected chi connectivity index (χ0v) is 15.5. The van der Waals surface area contributed by atoms with Gasteiger partial charge in [-0.05, 0) is 29.3 Å². The number of likely N-dealkylation sites (N-methyl/N-ethyl adjacent to an activating group) is 1. The van der Waals surface area contributed by atoms with E-state index in [0.29, 0.717) is 11.4 Å². The quantitative estimate of drug-likeness (QED) is 0.706. The molecule has 1 N–H and O–H groups in total. The first kappa shape index (κ1) is 16.4. The number of para-hydroxylation sites is 1. The van der Waals surface area contributed by atoms with Crippen molar-refractivity contribution in [1.82, 2.24) is 14.8 Å². The van der Waals surface area contributed by atoms with Crippen molar-refractivity contribution >= 4 is 34.3 Å². The van der Waals surface area contributed by atoms with Crippen LogP contribution >= 0.6 is 11.6 Å². The van der Waals surface area contributed by atoms with Crippen LogP contribution in [0.3, 0.4) is 0 Å². The minimum absolute atomic E-state index is 0.00973. The predicted octanol–water partition coefficient (Wildman–Crippen LogP) is 3.14. The van der Waals surface area contributed by atoms with Crippen molar-refractivity contribution in [2.75, 3.05) is 13.6 Å². The first-order valence-corrected chi connectivity index (χ1v) is 9.33.